The fourth-order valence-corrected chi connectivity index (χ4v) is 4.06. The molecule has 0 spiro atoms. The monoisotopic (exact) mass is 549 g/mol. The summed E-state index contributed by atoms with van der Waals surface area (Å²) in [4.78, 5) is 33.0. The van der Waals surface area contributed by atoms with Crippen LogP contribution in [0, 0.1) is 22.0 Å². The highest BCUT2D eigenvalue weighted by molar-refractivity contribution is 7.89. The van der Waals surface area contributed by atoms with Crippen molar-refractivity contribution in [3.63, 3.8) is 0 Å². The number of sulfonamides is 1. The summed E-state index contributed by atoms with van der Waals surface area (Å²) in [5.74, 6) is 2.44. The Hall–Kier alpha value is -3.64. The highest BCUT2D eigenvalue weighted by atomic mass is 32.2. The van der Waals surface area contributed by atoms with Gasteiger partial charge in [-0.25, -0.2) is 18.0 Å². The van der Waals surface area contributed by atoms with E-state index >= 15 is 0 Å². The number of nitrogens with zero attached hydrogens (tertiary/aromatic N) is 2. The molecule has 204 valence electrons. The van der Waals surface area contributed by atoms with Crippen LogP contribution in [0.25, 0.3) is 0 Å². The standard InChI is InChI=1S/C22H26F3N3O8S/c1-5-35-19(29)15-16(22(23,24)25)9-8-13-27(14-12-26-20(30)36-21(2,3)4)37(33,34)18-11-7-6-10-17(18)28(31)32/h6-7,10-11,15H,5,12-14H2,1-4H3,(H,26,30)/b16-15+. The number of allylic oxidation sites excluding steroid dienone is 1. The number of rotatable bonds is 9. The Balaban J connectivity index is 3.34. The van der Waals surface area contributed by atoms with E-state index in [4.69, 9.17) is 4.74 Å². The van der Waals surface area contributed by atoms with E-state index in [1.807, 2.05) is 5.92 Å². The normalized spacial score (nSPS) is 12.4. The Morgan fingerprint density at radius 3 is 2.38 bits per heavy atom. The van der Waals surface area contributed by atoms with Crippen LogP contribution in [0.4, 0.5) is 23.7 Å². The number of benzene rings is 1. The number of ether oxygens (including phenoxy) is 2. The summed E-state index contributed by atoms with van der Waals surface area (Å²) in [6.45, 7) is 4.25. The molecule has 0 bridgehead atoms. The third-order valence-electron chi connectivity index (χ3n) is 4.04. The van der Waals surface area contributed by atoms with Gasteiger partial charge in [0, 0.05) is 25.2 Å². The van der Waals surface area contributed by atoms with Crippen LogP contribution in [0.1, 0.15) is 27.7 Å². The van der Waals surface area contributed by atoms with Crippen LogP contribution in [-0.4, -0.2) is 67.7 Å². The second-order valence-electron chi connectivity index (χ2n) is 8.10. The van der Waals surface area contributed by atoms with Crippen LogP contribution in [0.2, 0.25) is 0 Å². The Kier molecular flexibility index (Phi) is 11.1. The topological polar surface area (TPSA) is 145 Å². The van der Waals surface area contributed by atoms with Crippen LogP contribution in [0.15, 0.2) is 40.8 Å². The van der Waals surface area contributed by atoms with Gasteiger partial charge in [0.05, 0.1) is 18.1 Å². The van der Waals surface area contributed by atoms with Gasteiger partial charge in [0.2, 0.25) is 0 Å². The number of alkyl halides is 3. The summed E-state index contributed by atoms with van der Waals surface area (Å²) in [6, 6.07) is 4.37. The molecule has 0 aliphatic heterocycles. The van der Waals surface area contributed by atoms with E-state index in [9.17, 15) is 41.3 Å². The molecule has 1 aromatic rings. The van der Waals surface area contributed by atoms with Crippen molar-refractivity contribution >= 4 is 27.8 Å². The van der Waals surface area contributed by atoms with Gasteiger partial charge in [0.15, 0.2) is 4.90 Å². The molecular weight excluding hydrogens is 523 g/mol. The lowest BCUT2D eigenvalue weighted by Gasteiger charge is -2.22. The summed E-state index contributed by atoms with van der Waals surface area (Å²) in [7, 11) is -4.67. The summed E-state index contributed by atoms with van der Waals surface area (Å²) >= 11 is 0. The van der Waals surface area contributed by atoms with Crippen molar-refractivity contribution in [2.24, 2.45) is 0 Å². The van der Waals surface area contributed by atoms with Gasteiger partial charge in [0.25, 0.3) is 15.7 Å². The van der Waals surface area contributed by atoms with E-state index in [1.165, 1.54) is 19.1 Å². The van der Waals surface area contributed by atoms with Crippen LogP contribution >= 0.6 is 0 Å². The Morgan fingerprint density at radius 2 is 1.84 bits per heavy atom. The fraction of sp³-hybridized carbons (Fsp3) is 0.455. The summed E-state index contributed by atoms with van der Waals surface area (Å²) in [5.41, 5.74) is -3.20. The Morgan fingerprint density at radius 1 is 1.22 bits per heavy atom. The first-order valence-electron chi connectivity index (χ1n) is 10.6. The number of carbonyl (C=O) groups is 2. The number of nitro groups is 1. The molecule has 15 heteroatoms. The van der Waals surface area contributed by atoms with Crippen molar-refractivity contribution in [1.82, 2.24) is 9.62 Å². The molecule has 0 heterocycles. The number of para-hydroxylation sites is 1. The van der Waals surface area contributed by atoms with Crippen molar-refractivity contribution in [3.8, 4) is 11.8 Å². The molecular formula is C22H26F3N3O8S. The maximum atomic E-state index is 13.3. The molecule has 0 aromatic heterocycles. The van der Waals surface area contributed by atoms with Gasteiger partial charge in [-0.1, -0.05) is 24.0 Å². The zero-order chi connectivity index (χ0) is 28.4. The Labute approximate surface area is 211 Å². The maximum Gasteiger partial charge on any atom is 0.424 e. The lowest BCUT2D eigenvalue weighted by molar-refractivity contribution is -0.387. The van der Waals surface area contributed by atoms with Gasteiger partial charge in [-0.15, -0.1) is 0 Å². The average Bonchev–Trinajstić information content (AvgIpc) is 2.75. The smallest absolute Gasteiger partial charge is 0.424 e. The highest BCUT2D eigenvalue weighted by Gasteiger charge is 2.34. The van der Waals surface area contributed by atoms with Gasteiger partial charge in [0.1, 0.15) is 11.2 Å². The Bertz CT molecular complexity index is 1200. The minimum absolute atomic E-state index is 0.126. The first kappa shape index (κ1) is 31.4. The quantitative estimate of drug-likeness (QED) is 0.163. The van der Waals surface area contributed by atoms with Gasteiger partial charge in [-0.2, -0.15) is 17.5 Å². The fourth-order valence-electron chi connectivity index (χ4n) is 2.56. The molecule has 0 fully saturated rings. The first-order chi connectivity index (χ1) is 17.0. The van der Waals surface area contributed by atoms with Gasteiger partial charge in [-0.3, -0.25) is 10.1 Å². The number of amides is 1. The number of hydrogen-bond acceptors (Lipinski definition) is 8. The van der Waals surface area contributed by atoms with E-state index in [-0.39, 0.29) is 19.2 Å². The molecule has 0 saturated carbocycles. The molecule has 0 atom stereocenters. The van der Waals surface area contributed by atoms with Crippen LogP contribution in [0.3, 0.4) is 0 Å². The molecule has 37 heavy (non-hydrogen) atoms. The number of halogens is 3. The SMILES string of the molecule is CCOC(=O)/C=C(\C#CCN(CCNC(=O)OC(C)(C)C)S(=O)(=O)c1ccccc1[N+](=O)[O-])C(F)(F)F. The molecule has 0 aliphatic rings. The van der Waals surface area contributed by atoms with Crippen molar-refractivity contribution in [2.75, 3.05) is 26.2 Å². The van der Waals surface area contributed by atoms with Crippen molar-refractivity contribution in [3.05, 3.63) is 46.0 Å². The van der Waals surface area contributed by atoms with E-state index in [0.29, 0.717) is 4.31 Å². The van der Waals surface area contributed by atoms with E-state index < -0.39 is 68.0 Å². The molecule has 11 nitrogen and oxygen atoms in total. The maximum absolute atomic E-state index is 13.3. The minimum atomic E-state index is -5.04. The van der Waals surface area contributed by atoms with Crippen LogP contribution in [0.5, 0.6) is 0 Å². The lowest BCUT2D eigenvalue weighted by atomic mass is 10.2. The third kappa shape index (κ3) is 10.5. The van der Waals surface area contributed by atoms with Crippen molar-refractivity contribution in [2.45, 2.75) is 44.4 Å². The van der Waals surface area contributed by atoms with Gasteiger partial charge >= 0.3 is 18.2 Å². The summed E-state index contributed by atoms with van der Waals surface area (Å²) in [6.07, 6.45) is -5.81. The molecule has 0 aliphatic carbocycles. The highest BCUT2D eigenvalue weighted by Crippen LogP contribution is 2.27. The lowest BCUT2D eigenvalue weighted by Crippen LogP contribution is -2.40. The number of hydrogen-bond donors (Lipinski definition) is 1. The number of esters is 1. The van der Waals surface area contributed by atoms with E-state index in [0.717, 1.165) is 12.1 Å². The molecule has 1 amide bonds. The number of carbonyl (C=O) groups excluding carboxylic acids is 2. The molecule has 0 saturated heterocycles. The average molecular weight is 550 g/mol. The van der Waals surface area contributed by atoms with Crippen molar-refractivity contribution < 1.29 is 45.6 Å². The zero-order valence-corrected chi connectivity index (χ0v) is 21.2. The van der Waals surface area contributed by atoms with Crippen LogP contribution in [-0.2, 0) is 24.3 Å². The second kappa shape index (κ2) is 13.1. The zero-order valence-electron chi connectivity index (χ0n) is 20.4. The molecule has 1 rings (SSSR count). The van der Waals surface area contributed by atoms with E-state index in [1.54, 1.807) is 26.7 Å². The second-order valence-corrected chi connectivity index (χ2v) is 10.0. The number of nitro benzene ring substituents is 1. The van der Waals surface area contributed by atoms with E-state index in [2.05, 4.69) is 10.1 Å². The third-order valence-corrected chi connectivity index (χ3v) is 5.93. The van der Waals surface area contributed by atoms with Crippen molar-refractivity contribution in [1.29, 1.82) is 0 Å². The molecule has 1 N–H and O–H groups in total. The minimum Gasteiger partial charge on any atom is -0.463 e. The predicted octanol–water partition coefficient (Wildman–Crippen LogP) is 3.17. The number of nitrogens with one attached hydrogen (secondary N) is 1. The predicted molar refractivity (Wildman–Crippen MR) is 125 cm³/mol. The van der Waals surface area contributed by atoms with Gasteiger partial charge < -0.3 is 14.8 Å². The number of alkyl carbamates (subject to hydrolysis) is 1. The molecule has 0 unspecified atom stereocenters. The summed E-state index contributed by atoms with van der Waals surface area (Å²) in [5, 5.41) is 13.6. The summed E-state index contributed by atoms with van der Waals surface area (Å²) < 4.78 is 76.2. The van der Waals surface area contributed by atoms with Crippen LogP contribution < -0.4 is 5.32 Å². The largest absolute Gasteiger partial charge is 0.463 e. The first-order valence-corrected chi connectivity index (χ1v) is 12.1. The molecule has 1 aromatic carbocycles. The van der Waals surface area contributed by atoms with Gasteiger partial charge in [-0.05, 0) is 33.8 Å². The molecule has 0 radical (unpaired) electrons.